The van der Waals surface area contributed by atoms with E-state index in [-0.39, 0.29) is 24.4 Å². The highest BCUT2D eigenvalue weighted by Crippen LogP contribution is 2.57. The van der Waals surface area contributed by atoms with Crippen LogP contribution in [0.3, 0.4) is 0 Å². The Morgan fingerprint density at radius 2 is 1.48 bits per heavy atom. The minimum absolute atomic E-state index is 0.0260. The predicted molar refractivity (Wildman–Crippen MR) is 106 cm³/mol. The standard InChI is InChI=1S/C24H22O5/c1-15-14-29-23(27)24(22(15)26)20(16-6-4-3-5-7-16)12-18(25)13-21(24)17-8-10-19(28-2)11-9-17/h3-11,14,20-21H,12-13H2,1-2H3. The lowest BCUT2D eigenvalue weighted by molar-refractivity contribution is -0.163. The fourth-order valence-corrected chi connectivity index (χ4v) is 4.70. The molecule has 4 rings (SSSR count). The molecule has 1 saturated carbocycles. The van der Waals surface area contributed by atoms with Crippen molar-refractivity contribution in [1.29, 1.82) is 0 Å². The van der Waals surface area contributed by atoms with Crippen LogP contribution in [0.4, 0.5) is 0 Å². The predicted octanol–water partition coefficient (Wildman–Crippen LogP) is 3.94. The van der Waals surface area contributed by atoms with Crippen LogP contribution < -0.4 is 4.74 Å². The number of Topliss-reactive ketones (excluding diaryl/α,β-unsaturated/α-hetero) is 2. The topological polar surface area (TPSA) is 69.7 Å². The number of ketones is 2. The Morgan fingerprint density at radius 3 is 2.07 bits per heavy atom. The van der Waals surface area contributed by atoms with Gasteiger partial charge in [-0.25, -0.2) is 0 Å². The first kappa shape index (κ1) is 19.1. The quantitative estimate of drug-likeness (QED) is 0.586. The summed E-state index contributed by atoms with van der Waals surface area (Å²) in [6.07, 6.45) is 1.47. The summed E-state index contributed by atoms with van der Waals surface area (Å²) in [6, 6.07) is 16.5. The summed E-state index contributed by atoms with van der Waals surface area (Å²) in [6.45, 7) is 1.65. The summed E-state index contributed by atoms with van der Waals surface area (Å²) in [5.41, 5.74) is 0.458. The molecule has 0 N–H and O–H groups in total. The number of allylic oxidation sites excluding steroid dienone is 1. The zero-order valence-corrected chi connectivity index (χ0v) is 16.4. The van der Waals surface area contributed by atoms with Crippen molar-refractivity contribution >= 4 is 17.5 Å². The van der Waals surface area contributed by atoms with Crippen molar-refractivity contribution in [2.24, 2.45) is 5.41 Å². The summed E-state index contributed by atoms with van der Waals surface area (Å²) in [5.74, 6) is -1.35. The van der Waals surface area contributed by atoms with E-state index in [1.807, 2.05) is 42.5 Å². The van der Waals surface area contributed by atoms with E-state index in [1.54, 1.807) is 26.2 Å². The lowest BCUT2D eigenvalue weighted by Gasteiger charge is -2.47. The third kappa shape index (κ3) is 2.97. The second-order valence-corrected chi connectivity index (χ2v) is 7.64. The minimum Gasteiger partial charge on any atom is -0.497 e. The first-order valence-electron chi connectivity index (χ1n) is 9.61. The van der Waals surface area contributed by atoms with Crippen molar-refractivity contribution < 1.29 is 23.9 Å². The summed E-state index contributed by atoms with van der Waals surface area (Å²) < 4.78 is 10.6. The number of carbonyl (C=O) groups is 3. The highest BCUT2D eigenvalue weighted by Gasteiger charge is 2.63. The van der Waals surface area contributed by atoms with E-state index in [9.17, 15) is 14.4 Å². The molecule has 1 aliphatic carbocycles. The Balaban J connectivity index is 1.94. The van der Waals surface area contributed by atoms with Gasteiger partial charge in [-0.15, -0.1) is 0 Å². The molecule has 0 amide bonds. The van der Waals surface area contributed by atoms with E-state index in [0.717, 1.165) is 11.1 Å². The zero-order chi connectivity index (χ0) is 20.6. The molecule has 3 atom stereocenters. The van der Waals surface area contributed by atoms with Crippen molar-refractivity contribution in [2.75, 3.05) is 7.11 Å². The van der Waals surface area contributed by atoms with E-state index in [2.05, 4.69) is 0 Å². The fourth-order valence-electron chi connectivity index (χ4n) is 4.70. The van der Waals surface area contributed by atoms with E-state index >= 15 is 0 Å². The Kier molecular flexibility index (Phi) is 4.82. The molecule has 1 aliphatic heterocycles. The maximum Gasteiger partial charge on any atom is 0.326 e. The van der Waals surface area contributed by atoms with E-state index in [1.165, 1.54) is 6.26 Å². The highest BCUT2D eigenvalue weighted by atomic mass is 16.5. The largest absolute Gasteiger partial charge is 0.497 e. The van der Waals surface area contributed by atoms with Crippen molar-refractivity contribution in [3.05, 3.63) is 77.6 Å². The molecule has 1 heterocycles. The molecule has 2 aliphatic rings. The number of hydrogen-bond donors (Lipinski definition) is 0. The van der Waals surface area contributed by atoms with Gasteiger partial charge < -0.3 is 9.47 Å². The molecule has 1 fully saturated rings. The fraction of sp³-hybridized carbons (Fsp3) is 0.292. The molecule has 1 spiro atoms. The monoisotopic (exact) mass is 390 g/mol. The molecule has 29 heavy (non-hydrogen) atoms. The minimum atomic E-state index is -1.47. The van der Waals surface area contributed by atoms with Gasteiger partial charge in [-0.1, -0.05) is 42.5 Å². The Morgan fingerprint density at radius 1 is 0.897 bits per heavy atom. The number of cyclic esters (lactones) is 1. The van der Waals surface area contributed by atoms with Crippen LogP contribution in [-0.4, -0.2) is 24.6 Å². The maximum atomic E-state index is 13.6. The first-order valence-corrected chi connectivity index (χ1v) is 9.61. The maximum absolute atomic E-state index is 13.6. The second-order valence-electron chi connectivity index (χ2n) is 7.64. The Bertz CT molecular complexity index is 990. The Labute approximate surface area is 169 Å². The van der Waals surface area contributed by atoms with E-state index in [0.29, 0.717) is 11.3 Å². The van der Waals surface area contributed by atoms with Crippen LogP contribution >= 0.6 is 0 Å². The second kappa shape index (κ2) is 7.32. The van der Waals surface area contributed by atoms with Crippen molar-refractivity contribution in [2.45, 2.75) is 31.6 Å². The van der Waals surface area contributed by atoms with Crippen LogP contribution in [-0.2, 0) is 19.1 Å². The smallest absolute Gasteiger partial charge is 0.326 e. The van der Waals surface area contributed by atoms with Crippen molar-refractivity contribution in [3.8, 4) is 5.75 Å². The lowest BCUT2D eigenvalue weighted by atomic mass is 9.53. The number of ether oxygens (including phenoxy) is 2. The molecule has 148 valence electrons. The van der Waals surface area contributed by atoms with Gasteiger partial charge >= 0.3 is 5.97 Å². The number of carbonyl (C=O) groups excluding carboxylic acids is 3. The van der Waals surface area contributed by atoms with Crippen LogP contribution in [0.25, 0.3) is 0 Å². The molecule has 5 nitrogen and oxygen atoms in total. The molecule has 0 saturated heterocycles. The first-order chi connectivity index (χ1) is 14.0. The summed E-state index contributed by atoms with van der Waals surface area (Å²) >= 11 is 0. The van der Waals surface area contributed by atoms with Crippen LogP contribution in [0.15, 0.2) is 66.4 Å². The van der Waals surface area contributed by atoms with Gasteiger partial charge in [0.25, 0.3) is 0 Å². The molecule has 5 heteroatoms. The van der Waals surface area contributed by atoms with Crippen LogP contribution in [0.5, 0.6) is 5.75 Å². The normalized spacial score (nSPS) is 26.8. The average molecular weight is 390 g/mol. The highest BCUT2D eigenvalue weighted by molar-refractivity contribution is 6.16. The summed E-state index contributed by atoms with van der Waals surface area (Å²) in [7, 11) is 1.57. The zero-order valence-electron chi connectivity index (χ0n) is 16.4. The van der Waals surface area contributed by atoms with Gasteiger partial charge in [0.1, 0.15) is 23.2 Å². The van der Waals surface area contributed by atoms with Gasteiger partial charge in [-0.05, 0) is 30.2 Å². The third-order valence-electron chi connectivity index (χ3n) is 6.10. The van der Waals surface area contributed by atoms with Crippen LogP contribution in [0.1, 0.15) is 42.7 Å². The number of methoxy groups -OCH3 is 1. The average Bonchev–Trinajstić information content (AvgIpc) is 2.76. The van der Waals surface area contributed by atoms with Gasteiger partial charge in [0, 0.05) is 30.3 Å². The summed E-state index contributed by atoms with van der Waals surface area (Å²) in [5, 5.41) is 0. The molecule has 2 aromatic rings. The van der Waals surface area contributed by atoms with Gasteiger partial charge in [0.2, 0.25) is 0 Å². The van der Waals surface area contributed by atoms with Gasteiger partial charge in [0.05, 0.1) is 7.11 Å². The van der Waals surface area contributed by atoms with Crippen molar-refractivity contribution in [3.63, 3.8) is 0 Å². The van der Waals surface area contributed by atoms with E-state index < -0.39 is 23.2 Å². The van der Waals surface area contributed by atoms with E-state index in [4.69, 9.17) is 9.47 Å². The van der Waals surface area contributed by atoms with Gasteiger partial charge in [-0.2, -0.15) is 0 Å². The number of benzene rings is 2. The molecule has 0 bridgehead atoms. The molecule has 0 radical (unpaired) electrons. The molecule has 0 aromatic heterocycles. The van der Waals surface area contributed by atoms with Crippen LogP contribution in [0, 0.1) is 5.41 Å². The molecular formula is C24H22O5. The van der Waals surface area contributed by atoms with Gasteiger partial charge in [0.15, 0.2) is 5.78 Å². The third-order valence-corrected chi connectivity index (χ3v) is 6.10. The Hall–Kier alpha value is -3.21. The summed E-state index contributed by atoms with van der Waals surface area (Å²) in [4.78, 5) is 39.7. The SMILES string of the molecule is COc1ccc(C2CC(=O)CC(c3ccccc3)C23C(=O)OC=C(C)C3=O)cc1. The van der Waals surface area contributed by atoms with Gasteiger partial charge in [-0.3, -0.25) is 14.4 Å². The molecule has 2 aromatic carbocycles. The number of rotatable bonds is 3. The molecule has 3 unspecified atom stereocenters. The lowest BCUT2D eigenvalue weighted by Crippen LogP contribution is -2.55. The number of esters is 1. The van der Waals surface area contributed by atoms with Crippen LogP contribution in [0.2, 0.25) is 0 Å². The van der Waals surface area contributed by atoms with Crippen molar-refractivity contribution in [1.82, 2.24) is 0 Å². The molecular weight excluding hydrogens is 368 g/mol. The number of hydrogen-bond acceptors (Lipinski definition) is 5.